The number of carbonyl (C=O) groups is 2. The first-order chi connectivity index (χ1) is 8.60. The number of hydrogen-bond acceptors (Lipinski definition) is 4. The summed E-state index contributed by atoms with van der Waals surface area (Å²) in [5.74, 6) is 0.170. The molecule has 18 heavy (non-hydrogen) atoms. The second kappa shape index (κ2) is 4.81. The van der Waals surface area contributed by atoms with Crippen molar-refractivity contribution in [1.82, 2.24) is 20.4 Å². The Morgan fingerprint density at radius 3 is 2.78 bits per heavy atom. The summed E-state index contributed by atoms with van der Waals surface area (Å²) >= 11 is 0. The van der Waals surface area contributed by atoms with Gasteiger partial charge in [0.25, 0.3) is 5.91 Å². The van der Waals surface area contributed by atoms with Crippen LogP contribution >= 0.6 is 0 Å². The zero-order chi connectivity index (χ0) is 13.3. The number of likely N-dealkylation sites (N-methyl/N-ethyl adjacent to an activating group) is 1. The molecule has 0 aromatic carbocycles. The van der Waals surface area contributed by atoms with Gasteiger partial charge < -0.3 is 20.2 Å². The number of nitrogens with zero attached hydrogens (tertiary/aromatic N) is 3. The zero-order valence-electron chi connectivity index (χ0n) is 10.4. The molecule has 8 heteroatoms. The summed E-state index contributed by atoms with van der Waals surface area (Å²) in [6, 6.07) is -0.986. The fourth-order valence-electron chi connectivity index (χ4n) is 2.22. The number of fused-ring (bicyclic) bond motifs is 1. The molecule has 0 spiro atoms. The average molecular weight is 255 g/mol. The molecule has 2 atom stereocenters. The van der Waals surface area contributed by atoms with Gasteiger partial charge in [0.1, 0.15) is 6.17 Å². The molecule has 2 aliphatic heterocycles. The van der Waals surface area contributed by atoms with Crippen molar-refractivity contribution in [3.63, 3.8) is 0 Å². The molecule has 0 radical (unpaired) electrons. The Kier molecular flexibility index (Phi) is 3.37. The summed E-state index contributed by atoms with van der Waals surface area (Å²) in [7, 11) is 1.61. The molecule has 3 amide bonds. The Bertz CT molecular complexity index is 397. The molecule has 0 saturated carbocycles. The Morgan fingerprint density at radius 1 is 1.44 bits per heavy atom. The molecule has 2 heterocycles. The predicted octanol–water partition coefficient (Wildman–Crippen LogP) is -1.86. The van der Waals surface area contributed by atoms with Gasteiger partial charge in [-0.25, -0.2) is 4.79 Å². The number of nitrogens with one attached hydrogen (secondary N) is 2. The smallest absolute Gasteiger partial charge is 0.325 e. The standard InChI is InChI=1S/C10H17N5O3/c1-3-11-9-12-7-6(15(9)4-5-16)8(17)13-10(18)14(7)2/h6-7,16H,3-5H2,1-2H3,(H,11,12)(H,13,17,18). The highest BCUT2D eigenvalue weighted by Crippen LogP contribution is 2.19. The van der Waals surface area contributed by atoms with Crippen LogP contribution in [-0.2, 0) is 4.79 Å². The van der Waals surface area contributed by atoms with Crippen molar-refractivity contribution < 1.29 is 14.7 Å². The van der Waals surface area contributed by atoms with Crippen molar-refractivity contribution in [1.29, 1.82) is 0 Å². The molecular formula is C10H17N5O3. The third-order valence-corrected chi connectivity index (χ3v) is 3.07. The Labute approximate surface area is 105 Å². The first-order valence-electron chi connectivity index (χ1n) is 5.86. The van der Waals surface area contributed by atoms with Crippen LogP contribution in [0.15, 0.2) is 4.99 Å². The largest absolute Gasteiger partial charge is 0.395 e. The second-order valence-electron chi connectivity index (χ2n) is 4.15. The van der Waals surface area contributed by atoms with E-state index in [1.807, 2.05) is 6.92 Å². The summed E-state index contributed by atoms with van der Waals surface area (Å²) in [5.41, 5.74) is 0. The van der Waals surface area contributed by atoms with Gasteiger partial charge in [0, 0.05) is 20.1 Å². The number of carbonyl (C=O) groups excluding carboxylic acids is 2. The molecule has 0 bridgehead atoms. The molecular weight excluding hydrogens is 238 g/mol. The van der Waals surface area contributed by atoms with E-state index in [9.17, 15) is 9.59 Å². The lowest BCUT2D eigenvalue weighted by Gasteiger charge is -2.35. The minimum atomic E-state index is -0.551. The van der Waals surface area contributed by atoms with E-state index in [2.05, 4.69) is 15.6 Å². The van der Waals surface area contributed by atoms with E-state index in [4.69, 9.17) is 5.11 Å². The molecule has 2 saturated heterocycles. The number of aliphatic hydroxyl groups is 1. The van der Waals surface area contributed by atoms with Crippen LogP contribution in [0.5, 0.6) is 0 Å². The maximum atomic E-state index is 11.9. The highest BCUT2D eigenvalue weighted by atomic mass is 16.3. The fourth-order valence-corrected chi connectivity index (χ4v) is 2.22. The van der Waals surface area contributed by atoms with E-state index < -0.39 is 18.2 Å². The highest BCUT2D eigenvalue weighted by Gasteiger charge is 2.49. The van der Waals surface area contributed by atoms with Crippen molar-refractivity contribution in [2.24, 2.45) is 4.99 Å². The van der Waals surface area contributed by atoms with Crippen molar-refractivity contribution >= 4 is 17.9 Å². The van der Waals surface area contributed by atoms with E-state index in [0.29, 0.717) is 19.0 Å². The van der Waals surface area contributed by atoms with E-state index in [0.717, 1.165) is 0 Å². The van der Waals surface area contributed by atoms with Gasteiger partial charge in [-0.15, -0.1) is 0 Å². The number of β-amino-alcohol motifs (C(OH)–C–C–N with tert-alkyl or cyclic N) is 1. The number of imide groups is 1. The second-order valence-corrected chi connectivity index (χ2v) is 4.15. The average Bonchev–Trinajstić information content (AvgIpc) is 2.67. The summed E-state index contributed by atoms with van der Waals surface area (Å²) in [5, 5.41) is 14.4. The van der Waals surface area contributed by atoms with Gasteiger partial charge >= 0.3 is 6.03 Å². The minimum Gasteiger partial charge on any atom is -0.395 e. The normalized spacial score (nSPS) is 29.4. The number of amides is 3. The molecule has 100 valence electrons. The maximum Gasteiger partial charge on any atom is 0.325 e. The van der Waals surface area contributed by atoms with Crippen LogP contribution in [0, 0.1) is 0 Å². The van der Waals surface area contributed by atoms with Crippen LogP contribution in [0.2, 0.25) is 0 Å². The molecule has 0 aromatic rings. The van der Waals surface area contributed by atoms with Gasteiger partial charge in [-0.05, 0) is 6.92 Å². The van der Waals surface area contributed by atoms with E-state index in [-0.39, 0.29) is 12.5 Å². The first-order valence-corrected chi connectivity index (χ1v) is 5.86. The monoisotopic (exact) mass is 255 g/mol. The summed E-state index contributed by atoms with van der Waals surface area (Å²) in [6.07, 6.45) is -0.442. The summed E-state index contributed by atoms with van der Waals surface area (Å²) < 4.78 is 0. The van der Waals surface area contributed by atoms with E-state index in [1.54, 1.807) is 11.9 Å². The molecule has 2 rings (SSSR count). The van der Waals surface area contributed by atoms with Gasteiger partial charge in [-0.1, -0.05) is 0 Å². The number of aliphatic hydroxyl groups excluding tert-OH is 1. The lowest BCUT2D eigenvalue weighted by atomic mass is 10.1. The Hall–Kier alpha value is -1.83. The van der Waals surface area contributed by atoms with Crippen LogP contribution in [0.1, 0.15) is 6.92 Å². The topological polar surface area (TPSA) is 97.3 Å². The van der Waals surface area contributed by atoms with Crippen LogP contribution in [0.3, 0.4) is 0 Å². The van der Waals surface area contributed by atoms with Gasteiger partial charge in [0.05, 0.1) is 6.61 Å². The maximum absolute atomic E-state index is 11.9. The third kappa shape index (κ3) is 1.88. The number of urea groups is 1. The van der Waals surface area contributed by atoms with Crippen molar-refractivity contribution in [2.45, 2.75) is 19.1 Å². The van der Waals surface area contributed by atoms with Crippen molar-refractivity contribution in [2.75, 3.05) is 26.7 Å². The van der Waals surface area contributed by atoms with Crippen molar-refractivity contribution in [3.8, 4) is 0 Å². The fraction of sp³-hybridized carbons (Fsp3) is 0.700. The number of guanidine groups is 1. The lowest BCUT2D eigenvalue weighted by Crippen LogP contribution is -2.65. The third-order valence-electron chi connectivity index (χ3n) is 3.07. The Morgan fingerprint density at radius 2 is 2.17 bits per heavy atom. The number of hydrogen-bond donors (Lipinski definition) is 3. The SMILES string of the molecule is CCN=C1NC2C(C(=O)NC(=O)N2C)N1CCO. The van der Waals surface area contributed by atoms with Gasteiger partial charge in [0.15, 0.2) is 12.0 Å². The highest BCUT2D eigenvalue weighted by molar-refractivity contribution is 6.04. The molecule has 8 nitrogen and oxygen atoms in total. The van der Waals surface area contributed by atoms with E-state index >= 15 is 0 Å². The Balaban J connectivity index is 2.31. The van der Waals surface area contributed by atoms with Gasteiger partial charge in [0.2, 0.25) is 0 Å². The molecule has 2 fully saturated rings. The number of aliphatic imine (C=N–C) groups is 1. The number of rotatable bonds is 3. The minimum absolute atomic E-state index is 0.0847. The van der Waals surface area contributed by atoms with E-state index in [1.165, 1.54) is 4.90 Å². The van der Waals surface area contributed by atoms with Crippen LogP contribution in [0.25, 0.3) is 0 Å². The van der Waals surface area contributed by atoms with Crippen LogP contribution < -0.4 is 10.6 Å². The van der Waals surface area contributed by atoms with Crippen LogP contribution in [-0.4, -0.2) is 71.8 Å². The molecule has 2 aliphatic rings. The summed E-state index contributed by atoms with van der Waals surface area (Å²) in [6.45, 7) is 2.65. The summed E-state index contributed by atoms with van der Waals surface area (Å²) in [4.78, 5) is 30.8. The molecule has 3 N–H and O–H groups in total. The lowest BCUT2D eigenvalue weighted by molar-refractivity contribution is -0.127. The van der Waals surface area contributed by atoms with Crippen molar-refractivity contribution in [3.05, 3.63) is 0 Å². The van der Waals surface area contributed by atoms with Gasteiger partial charge in [-0.2, -0.15) is 0 Å². The predicted molar refractivity (Wildman–Crippen MR) is 63.8 cm³/mol. The molecule has 2 unspecified atom stereocenters. The molecule has 0 aliphatic carbocycles. The van der Waals surface area contributed by atoms with Gasteiger partial charge in [-0.3, -0.25) is 15.1 Å². The zero-order valence-corrected chi connectivity index (χ0v) is 10.4. The first kappa shape index (κ1) is 12.6. The van der Waals surface area contributed by atoms with Crippen LogP contribution in [0.4, 0.5) is 4.79 Å². The molecule has 0 aromatic heterocycles. The quantitative estimate of drug-likeness (QED) is 0.549.